The summed E-state index contributed by atoms with van der Waals surface area (Å²) >= 11 is 0. The molecule has 0 bridgehead atoms. The van der Waals surface area contributed by atoms with Gasteiger partial charge in [-0.3, -0.25) is 4.79 Å². The molecule has 2 atom stereocenters. The van der Waals surface area contributed by atoms with Gasteiger partial charge in [0.25, 0.3) is 5.91 Å². The highest BCUT2D eigenvalue weighted by Crippen LogP contribution is 2.22. The number of nitrogens with one attached hydrogen (secondary N) is 1. The van der Waals surface area contributed by atoms with Crippen molar-refractivity contribution in [2.45, 2.75) is 52.7 Å². The van der Waals surface area contributed by atoms with Crippen molar-refractivity contribution in [3.63, 3.8) is 0 Å². The molecule has 0 spiro atoms. The number of benzene rings is 2. The number of aryl methyl sites for hydroxylation is 3. The first-order chi connectivity index (χ1) is 14.3. The summed E-state index contributed by atoms with van der Waals surface area (Å²) in [4.78, 5) is 24.9. The molecule has 1 fully saturated rings. The zero-order chi connectivity index (χ0) is 21.7. The number of carbonyl (C=O) groups is 2. The minimum absolute atomic E-state index is 0.134. The summed E-state index contributed by atoms with van der Waals surface area (Å²) < 4.78 is 16.6. The Labute approximate surface area is 177 Å². The molecule has 0 saturated carbocycles. The molecule has 0 unspecified atom stereocenters. The van der Waals surface area contributed by atoms with Gasteiger partial charge >= 0.3 is 5.97 Å². The lowest BCUT2D eigenvalue weighted by Gasteiger charge is -2.17. The van der Waals surface area contributed by atoms with Crippen molar-refractivity contribution in [1.29, 1.82) is 0 Å². The average molecular weight is 411 g/mol. The Morgan fingerprint density at radius 2 is 1.80 bits per heavy atom. The van der Waals surface area contributed by atoms with Crippen molar-refractivity contribution >= 4 is 17.6 Å². The topological polar surface area (TPSA) is 73.9 Å². The van der Waals surface area contributed by atoms with Gasteiger partial charge in [0.15, 0.2) is 6.10 Å². The number of hydrogen-bond donors (Lipinski definition) is 1. The molecule has 0 aromatic heterocycles. The lowest BCUT2D eigenvalue weighted by atomic mass is 10.0. The van der Waals surface area contributed by atoms with Gasteiger partial charge in [-0.05, 0) is 75.9 Å². The summed E-state index contributed by atoms with van der Waals surface area (Å²) in [6.45, 7) is 8.73. The van der Waals surface area contributed by atoms with E-state index in [1.807, 2.05) is 32.9 Å². The molecule has 1 heterocycles. The Morgan fingerprint density at radius 3 is 2.40 bits per heavy atom. The minimum atomic E-state index is -0.923. The van der Waals surface area contributed by atoms with Gasteiger partial charge in [0.2, 0.25) is 0 Å². The molecule has 1 amide bonds. The van der Waals surface area contributed by atoms with Gasteiger partial charge in [-0.1, -0.05) is 17.7 Å². The SMILES string of the molecule is Cc1cc(C)c(NC(=O)[C@@H](C)OC(=O)c2ccc(OC[C@H]3CCCO3)cc2)c(C)c1. The van der Waals surface area contributed by atoms with E-state index in [9.17, 15) is 9.59 Å². The summed E-state index contributed by atoms with van der Waals surface area (Å²) in [5, 5.41) is 2.87. The summed E-state index contributed by atoms with van der Waals surface area (Å²) in [6, 6.07) is 10.7. The fourth-order valence-corrected chi connectivity index (χ4v) is 3.54. The average Bonchev–Trinajstić information content (AvgIpc) is 3.23. The summed E-state index contributed by atoms with van der Waals surface area (Å²) in [7, 11) is 0. The Kier molecular flexibility index (Phi) is 7.11. The number of hydrogen-bond acceptors (Lipinski definition) is 5. The van der Waals surface area contributed by atoms with Gasteiger partial charge in [0, 0.05) is 12.3 Å². The van der Waals surface area contributed by atoms with E-state index < -0.39 is 12.1 Å². The van der Waals surface area contributed by atoms with E-state index in [2.05, 4.69) is 5.32 Å². The van der Waals surface area contributed by atoms with Crippen LogP contribution in [0.25, 0.3) is 0 Å². The predicted molar refractivity (Wildman–Crippen MR) is 115 cm³/mol. The second-order valence-electron chi connectivity index (χ2n) is 7.78. The molecule has 6 nitrogen and oxygen atoms in total. The Morgan fingerprint density at radius 1 is 1.13 bits per heavy atom. The maximum atomic E-state index is 12.5. The molecule has 30 heavy (non-hydrogen) atoms. The van der Waals surface area contributed by atoms with Gasteiger partial charge in [0.05, 0.1) is 11.7 Å². The van der Waals surface area contributed by atoms with Crippen LogP contribution in [0.5, 0.6) is 5.75 Å². The van der Waals surface area contributed by atoms with Crippen molar-refractivity contribution in [1.82, 2.24) is 0 Å². The van der Waals surface area contributed by atoms with Crippen molar-refractivity contribution in [2.75, 3.05) is 18.5 Å². The van der Waals surface area contributed by atoms with Gasteiger partial charge in [-0.15, -0.1) is 0 Å². The highest BCUT2D eigenvalue weighted by atomic mass is 16.5. The molecule has 0 aliphatic carbocycles. The van der Waals surface area contributed by atoms with E-state index in [4.69, 9.17) is 14.2 Å². The first-order valence-corrected chi connectivity index (χ1v) is 10.3. The molecule has 1 saturated heterocycles. The van der Waals surface area contributed by atoms with Crippen LogP contribution in [-0.2, 0) is 14.3 Å². The molecular weight excluding hydrogens is 382 g/mol. The van der Waals surface area contributed by atoms with E-state index in [0.29, 0.717) is 17.9 Å². The molecule has 1 N–H and O–H groups in total. The van der Waals surface area contributed by atoms with E-state index in [1.165, 1.54) is 0 Å². The third kappa shape index (κ3) is 5.60. The summed E-state index contributed by atoms with van der Waals surface area (Å²) in [5.74, 6) is -0.256. The van der Waals surface area contributed by atoms with E-state index in [1.54, 1.807) is 31.2 Å². The zero-order valence-electron chi connectivity index (χ0n) is 18.0. The highest BCUT2D eigenvalue weighted by molar-refractivity contribution is 5.98. The van der Waals surface area contributed by atoms with Gasteiger partial charge < -0.3 is 19.5 Å². The van der Waals surface area contributed by atoms with Crippen LogP contribution < -0.4 is 10.1 Å². The monoisotopic (exact) mass is 411 g/mol. The Hall–Kier alpha value is -2.86. The smallest absolute Gasteiger partial charge is 0.338 e. The minimum Gasteiger partial charge on any atom is -0.491 e. The number of anilines is 1. The van der Waals surface area contributed by atoms with E-state index in [-0.39, 0.29) is 12.0 Å². The van der Waals surface area contributed by atoms with Crippen LogP contribution >= 0.6 is 0 Å². The van der Waals surface area contributed by atoms with Crippen LogP contribution in [0.2, 0.25) is 0 Å². The Bertz CT molecular complexity index is 877. The van der Waals surface area contributed by atoms with E-state index >= 15 is 0 Å². The van der Waals surface area contributed by atoms with Crippen LogP contribution in [0, 0.1) is 20.8 Å². The largest absolute Gasteiger partial charge is 0.491 e. The van der Waals surface area contributed by atoms with E-state index in [0.717, 1.165) is 41.8 Å². The maximum absolute atomic E-state index is 12.5. The van der Waals surface area contributed by atoms with Crippen LogP contribution in [-0.4, -0.2) is 37.3 Å². The van der Waals surface area contributed by atoms with Crippen LogP contribution in [0.15, 0.2) is 36.4 Å². The van der Waals surface area contributed by atoms with Crippen molar-refractivity contribution < 1.29 is 23.8 Å². The molecule has 6 heteroatoms. The highest BCUT2D eigenvalue weighted by Gasteiger charge is 2.21. The third-order valence-electron chi connectivity index (χ3n) is 5.13. The van der Waals surface area contributed by atoms with Gasteiger partial charge in [-0.2, -0.15) is 0 Å². The van der Waals surface area contributed by atoms with Crippen molar-refractivity contribution in [3.05, 3.63) is 58.7 Å². The fourth-order valence-electron chi connectivity index (χ4n) is 3.54. The molecule has 1 aliphatic rings. The Balaban J connectivity index is 1.53. The zero-order valence-corrected chi connectivity index (χ0v) is 18.0. The first-order valence-electron chi connectivity index (χ1n) is 10.3. The van der Waals surface area contributed by atoms with Gasteiger partial charge in [0.1, 0.15) is 12.4 Å². The van der Waals surface area contributed by atoms with Crippen molar-refractivity contribution in [3.8, 4) is 5.75 Å². The predicted octanol–water partition coefficient (Wildman–Crippen LogP) is 4.35. The maximum Gasteiger partial charge on any atom is 0.338 e. The molecule has 1 aliphatic heterocycles. The number of amides is 1. The molecule has 160 valence electrons. The summed E-state index contributed by atoms with van der Waals surface area (Å²) in [6.07, 6.45) is 1.28. The number of esters is 1. The normalized spacial score (nSPS) is 16.7. The van der Waals surface area contributed by atoms with Crippen molar-refractivity contribution in [2.24, 2.45) is 0 Å². The quantitative estimate of drug-likeness (QED) is 0.686. The lowest BCUT2D eigenvalue weighted by Crippen LogP contribution is -2.30. The molecule has 2 aromatic rings. The second kappa shape index (κ2) is 9.76. The molecular formula is C24H29NO5. The van der Waals surface area contributed by atoms with Crippen LogP contribution in [0.3, 0.4) is 0 Å². The third-order valence-corrected chi connectivity index (χ3v) is 5.13. The second-order valence-corrected chi connectivity index (χ2v) is 7.78. The number of carbonyl (C=O) groups excluding carboxylic acids is 2. The summed E-state index contributed by atoms with van der Waals surface area (Å²) in [5.41, 5.74) is 4.18. The molecule has 0 radical (unpaired) electrons. The number of rotatable bonds is 7. The van der Waals surface area contributed by atoms with Crippen LogP contribution in [0.4, 0.5) is 5.69 Å². The standard InChI is InChI=1S/C24H29NO5/c1-15-12-16(2)22(17(3)13-15)25-23(26)18(4)30-24(27)19-7-9-20(10-8-19)29-14-21-6-5-11-28-21/h7-10,12-13,18,21H,5-6,11,14H2,1-4H3,(H,25,26)/t18-,21-/m1/s1. The lowest BCUT2D eigenvalue weighted by molar-refractivity contribution is -0.123. The first kappa shape index (κ1) is 21.8. The molecule has 2 aromatic carbocycles. The number of ether oxygens (including phenoxy) is 3. The fraction of sp³-hybridized carbons (Fsp3) is 0.417. The van der Waals surface area contributed by atoms with Gasteiger partial charge in [-0.25, -0.2) is 4.79 Å². The molecule has 3 rings (SSSR count). The van der Waals surface area contributed by atoms with Crippen LogP contribution in [0.1, 0.15) is 46.8 Å².